The van der Waals surface area contributed by atoms with E-state index in [1.54, 1.807) is 0 Å². The lowest BCUT2D eigenvalue weighted by atomic mass is 9.44. The van der Waals surface area contributed by atoms with Crippen LogP contribution in [0.2, 0.25) is 0 Å². The van der Waals surface area contributed by atoms with Gasteiger partial charge in [0.2, 0.25) is 0 Å². The number of carbonyl (C=O) groups is 1. The van der Waals surface area contributed by atoms with E-state index in [4.69, 9.17) is 9.84 Å². The predicted molar refractivity (Wildman–Crippen MR) is 91.3 cm³/mol. The van der Waals surface area contributed by atoms with E-state index in [0.717, 1.165) is 18.8 Å². The third-order valence-corrected chi connectivity index (χ3v) is 8.28. The molecule has 3 rings (SSSR count). The van der Waals surface area contributed by atoms with E-state index in [2.05, 4.69) is 34.6 Å². The van der Waals surface area contributed by atoms with Crippen LogP contribution in [0.3, 0.4) is 0 Å². The van der Waals surface area contributed by atoms with Crippen molar-refractivity contribution in [1.29, 1.82) is 0 Å². The van der Waals surface area contributed by atoms with Crippen LogP contribution in [-0.2, 0) is 9.53 Å². The Morgan fingerprint density at radius 2 is 1.96 bits per heavy atom. The van der Waals surface area contributed by atoms with Crippen LogP contribution in [0, 0.1) is 28.6 Å². The van der Waals surface area contributed by atoms with Gasteiger partial charge in [-0.2, -0.15) is 0 Å². The molecule has 2 aliphatic carbocycles. The summed E-state index contributed by atoms with van der Waals surface area (Å²) in [6, 6.07) is 0. The van der Waals surface area contributed by atoms with E-state index in [0.29, 0.717) is 29.3 Å². The van der Waals surface area contributed by atoms with Gasteiger partial charge in [0.15, 0.2) is 0 Å². The first-order valence-corrected chi connectivity index (χ1v) is 9.53. The third kappa shape index (κ3) is 2.54. The summed E-state index contributed by atoms with van der Waals surface area (Å²) in [7, 11) is 0. The van der Waals surface area contributed by atoms with Crippen molar-refractivity contribution in [2.45, 2.75) is 91.3 Å². The molecule has 0 aromatic carbocycles. The van der Waals surface area contributed by atoms with Gasteiger partial charge in [-0.1, -0.05) is 27.7 Å². The predicted octanol–water partition coefficient (Wildman–Crippen LogP) is 4.89. The van der Waals surface area contributed by atoms with Crippen molar-refractivity contribution >= 4 is 5.97 Å². The Bertz CT molecular complexity index is 489. The molecule has 0 radical (unpaired) electrons. The van der Waals surface area contributed by atoms with E-state index in [1.807, 2.05) is 0 Å². The molecule has 0 unspecified atom stereocenters. The topological polar surface area (TPSA) is 49.8 Å². The van der Waals surface area contributed by atoms with Crippen molar-refractivity contribution in [3.8, 4) is 0 Å². The van der Waals surface area contributed by atoms with Crippen LogP contribution in [0.4, 0.5) is 0 Å². The Kier molecular flexibility index (Phi) is 4.11. The SMILES string of the molecule is C[C@H](CC[C@@]1(C)[C@H](C)CC[C@]2(C)[C@@H]1CC[C@H]1O[C@]12C)CC(=O)O. The Morgan fingerprint density at radius 3 is 2.61 bits per heavy atom. The number of ether oxygens (including phenoxy) is 1. The summed E-state index contributed by atoms with van der Waals surface area (Å²) < 4.78 is 6.17. The summed E-state index contributed by atoms with van der Waals surface area (Å²) in [5, 5.41) is 9.02. The van der Waals surface area contributed by atoms with Gasteiger partial charge in [-0.05, 0) is 68.6 Å². The zero-order valence-corrected chi connectivity index (χ0v) is 15.5. The van der Waals surface area contributed by atoms with Gasteiger partial charge in [0.05, 0.1) is 11.7 Å². The van der Waals surface area contributed by atoms with Crippen LogP contribution < -0.4 is 0 Å². The van der Waals surface area contributed by atoms with Gasteiger partial charge in [0.1, 0.15) is 0 Å². The summed E-state index contributed by atoms with van der Waals surface area (Å²) in [5.74, 6) is 1.04. The van der Waals surface area contributed by atoms with Crippen LogP contribution >= 0.6 is 0 Å². The summed E-state index contributed by atoms with van der Waals surface area (Å²) in [5.41, 5.74) is 0.719. The van der Waals surface area contributed by atoms with Crippen LogP contribution in [0.15, 0.2) is 0 Å². The first kappa shape index (κ1) is 17.3. The fourth-order valence-corrected chi connectivity index (χ4v) is 6.13. The normalized spacial score (nSPS) is 49.9. The molecule has 0 aromatic heterocycles. The largest absolute Gasteiger partial charge is 0.481 e. The van der Waals surface area contributed by atoms with E-state index < -0.39 is 5.97 Å². The number of carboxylic acid groups (broad SMARTS) is 1. The molecule has 3 nitrogen and oxygen atoms in total. The van der Waals surface area contributed by atoms with Crippen molar-refractivity contribution in [1.82, 2.24) is 0 Å². The van der Waals surface area contributed by atoms with Crippen molar-refractivity contribution in [3.05, 3.63) is 0 Å². The number of rotatable bonds is 5. The molecule has 132 valence electrons. The van der Waals surface area contributed by atoms with Crippen LogP contribution in [-0.4, -0.2) is 22.8 Å². The lowest BCUT2D eigenvalue weighted by Gasteiger charge is -2.59. The average Bonchev–Trinajstić information content (AvgIpc) is 3.14. The van der Waals surface area contributed by atoms with Crippen molar-refractivity contribution in [2.24, 2.45) is 28.6 Å². The second-order valence-corrected chi connectivity index (χ2v) is 9.45. The maximum atomic E-state index is 11.0. The van der Waals surface area contributed by atoms with Crippen LogP contribution in [0.25, 0.3) is 0 Å². The molecular weight excluding hydrogens is 288 g/mol. The second-order valence-electron chi connectivity index (χ2n) is 9.45. The van der Waals surface area contributed by atoms with Crippen molar-refractivity contribution in [2.75, 3.05) is 0 Å². The quantitative estimate of drug-likeness (QED) is 0.733. The highest BCUT2D eigenvalue weighted by Crippen LogP contribution is 2.70. The first-order chi connectivity index (χ1) is 10.6. The Hall–Kier alpha value is -0.570. The number of aliphatic carboxylic acids is 1. The zero-order chi connectivity index (χ0) is 17.0. The van der Waals surface area contributed by atoms with Crippen LogP contribution in [0.5, 0.6) is 0 Å². The summed E-state index contributed by atoms with van der Waals surface area (Å²) in [6.07, 6.45) is 8.04. The molecular formula is C20H34O3. The molecule has 7 atom stereocenters. The van der Waals surface area contributed by atoms with Gasteiger partial charge in [-0.15, -0.1) is 0 Å². The Labute approximate surface area is 141 Å². The lowest BCUT2D eigenvalue weighted by molar-refractivity contribution is -0.138. The zero-order valence-electron chi connectivity index (χ0n) is 15.5. The second kappa shape index (κ2) is 5.47. The summed E-state index contributed by atoms with van der Waals surface area (Å²) in [6.45, 7) is 11.8. The Morgan fingerprint density at radius 1 is 1.26 bits per heavy atom. The molecule has 3 fully saturated rings. The van der Waals surface area contributed by atoms with Gasteiger partial charge >= 0.3 is 5.97 Å². The fraction of sp³-hybridized carbons (Fsp3) is 0.950. The summed E-state index contributed by atoms with van der Waals surface area (Å²) in [4.78, 5) is 11.0. The molecule has 3 aliphatic rings. The Balaban J connectivity index is 1.77. The van der Waals surface area contributed by atoms with E-state index in [1.165, 1.54) is 25.7 Å². The van der Waals surface area contributed by atoms with Gasteiger partial charge in [-0.3, -0.25) is 4.79 Å². The summed E-state index contributed by atoms with van der Waals surface area (Å²) >= 11 is 0. The molecule has 1 heterocycles. The van der Waals surface area contributed by atoms with E-state index in [9.17, 15) is 4.79 Å². The van der Waals surface area contributed by atoms with Gasteiger partial charge < -0.3 is 9.84 Å². The van der Waals surface area contributed by atoms with Gasteiger partial charge in [0.25, 0.3) is 0 Å². The molecule has 1 aliphatic heterocycles. The number of epoxide rings is 1. The standard InChI is InChI=1S/C20H34O3/c1-13(12-17(21)22)8-10-18(3)14(2)9-11-19(4)15(18)6-7-16-20(19,5)23-16/h13-16H,6-12H2,1-5H3,(H,21,22)/t13-,14-,15-,16-,18+,19-,20-/m1/s1. The molecule has 23 heavy (non-hydrogen) atoms. The lowest BCUT2D eigenvalue weighted by Crippen LogP contribution is -2.56. The third-order valence-electron chi connectivity index (χ3n) is 8.28. The minimum atomic E-state index is -0.663. The highest BCUT2D eigenvalue weighted by molar-refractivity contribution is 5.66. The molecule has 0 amide bonds. The van der Waals surface area contributed by atoms with Crippen molar-refractivity contribution < 1.29 is 14.6 Å². The van der Waals surface area contributed by atoms with Crippen molar-refractivity contribution in [3.63, 3.8) is 0 Å². The minimum Gasteiger partial charge on any atom is -0.481 e. The highest BCUT2D eigenvalue weighted by atomic mass is 16.6. The number of carboxylic acids is 1. The van der Waals surface area contributed by atoms with Crippen LogP contribution in [0.1, 0.15) is 79.6 Å². The maximum Gasteiger partial charge on any atom is 0.303 e. The monoisotopic (exact) mass is 322 g/mol. The molecule has 0 aromatic rings. The molecule has 1 N–H and O–H groups in total. The van der Waals surface area contributed by atoms with E-state index >= 15 is 0 Å². The first-order valence-electron chi connectivity index (χ1n) is 9.53. The highest BCUT2D eigenvalue weighted by Gasteiger charge is 2.71. The van der Waals surface area contributed by atoms with Gasteiger partial charge in [0, 0.05) is 11.8 Å². The smallest absolute Gasteiger partial charge is 0.303 e. The van der Waals surface area contributed by atoms with Gasteiger partial charge in [-0.25, -0.2) is 0 Å². The number of hydrogen-bond acceptors (Lipinski definition) is 2. The molecule has 2 saturated carbocycles. The molecule has 3 heteroatoms. The number of hydrogen-bond donors (Lipinski definition) is 1. The minimum absolute atomic E-state index is 0.101. The molecule has 0 spiro atoms. The average molecular weight is 322 g/mol. The molecule has 0 bridgehead atoms. The van der Waals surface area contributed by atoms with E-state index in [-0.39, 0.29) is 11.5 Å². The number of fused-ring (bicyclic) bond motifs is 3. The maximum absolute atomic E-state index is 11.0. The fourth-order valence-electron chi connectivity index (χ4n) is 6.13. The molecule has 1 saturated heterocycles.